The van der Waals surface area contributed by atoms with Gasteiger partial charge in [-0.05, 0) is 151 Å². The topological polar surface area (TPSA) is 224 Å². The van der Waals surface area contributed by atoms with E-state index in [9.17, 15) is 9.59 Å². The molecule has 2 spiro atoms. The van der Waals surface area contributed by atoms with Gasteiger partial charge in [0.2, 0.25) is 11.8 Å². The lowest BCUT2D eigenvalue weighted by Crippen LogP contribution is -2.36. The Labute approximate surface area is 382 Å². The fourth-order valence-corrected chi connectivity index (χ4v) is 9.28. The number of aromatic nitrogens is 6. The number of esters is 2. The number of hydrogen-bond donors (Lipinski definition) is 4. The van der Waals surface area contributed by atoms with Crippen LogP contribution in [0.3, 0.4) is 0 Å². The highest BCUT2D eigenvalue weighted by Gasteiger charge is 2.57. The Morgan fingerprint density at radius 1 is 0.576 bits per heavy atom. The second-order valence-corrected chi connectivity index (χ2v) is 20.1. The van der Waals surface area contributed by atoms with Gasteiger partial charge in [0.1, 0.15) is 47.7 Å². The number of anilines is 4. The van der Waals surface area contributed by atoms with Crippen molar-refractivity contribution in [3.63, 3.8) is 0 Å². The van der Waals surface area contributed by atoms with Gasteiger partial charge in [0.25, 0.3) is 0 Å². The molecule has 16 nitrogen and oxygen atoms in total. The van der Waals surface area contributed by atoms with Crippen molar-refractivity contribution in [1.82, 2.24) is 29.9 Å². The van der Waals surface area contributed by atoms with Crippen LogP contribution < -0.4 is 31.6 Å². The molecule has 0 unspecified atom stereocenters. The van der Waals surface area contributed by atoms with Crippen molar-refractivity contribution < 1.29 is 28.5 Å². The van der Waals surface area contributed by atoms with Crippen LogP contribution in [-0.4, -0.2) is 66.3 Å². The molecular formula is C50H54N10O6. The van der Waals surface area contributed by atoms with Crippen LogP contribution in [0.4, 0.5) is 23.3 Å². The van der Waals surface area contributed by atoms with Crippen LogP contribution >= 0.6 is 0 Å². The number of nitrogens with one attached hydrogen (secondary N) is 2. The van der Waals surface area contributed by atoms with Crippen molar-refractivity contribution in [3.8, 4) is 11.8 Å². The third kappa shape index (κ3) is 7.59. The molecule has 6 aromatic heterocycles. The van der Waals surface area contributed by atoms with Gasteiger partial charge >= 0.3 is 11.9 Å². The lowest BCUT2D eigenvalue weighted by Gasteiger charge is -2.30. The van der Waals surface area contributed by atoms with E-state index >= 15 is 0 Å². The average Bonchev–Trinajstić information content (AvgIpc) is 4.06. The van der Waals surface area contributed by atoms with E-state index in [4.69, 9.17) is 40.4 Å². The summed E-state index contributed by atoms with van der Waals surface area (Å²) in [4.78, 5) is 52.6. The number of nitrogens with zero attached hydrogens (tertiary/aromatic N) is 6. The van der Waals surface area contributed by atoms with Gasteiger partial charge in [0.15, 0.2) is 0 Å². The summed E-state index contributed by atoms with van der Waals surface area (Å²) in [6.07, 6.45) is 15.4. The standard InChI is InChI=1S/2C25H27N5O3/c2*1-13-25(8-9-25)21-15(23(31)32-13)6-7-19(30-21)29-20-10-16-17(11-27-20)22(33-14-4-5-14)28-12-18(16)24(2,3)26/h2*6-7,10-14H,4-5,8-9,26H2,1-3H3,(H,27,29,30)/t2*13-/m10/s1. The van der Waals surface area contributed by atoms with Crippen molar-refractivity contribution >= 4 is 56.8 Å². The Hall–Kier alpha value is -6.52. The van der Waals surface area contributed by atoms with Gasteiger partial charge in [-0.15, -0.1) is 0 Å². The van der Waals surface area contributed by atoms with Gasteiger partial charge in [-0.25, -0.2) is 39.5 Å². The van der Waals surface area contributed by atoms with Crippen LogP contribution in [0.25, 0.3) is 21.5 Å². The van der Waals surface area contributed by atoms with Gasteiger partial charge in [-0.3, -0.25) is 0 Å². The minimum atomic E-state index is -0.582. The molecule has 16 heteroatoms. The number of rotatable bonds is 10. The Bertz CT molecular complexity index is 2780. The second kappa shape index (κ2) is 15.0. The van der Waals surface area contributed by atoms with Crippen molar-refractivity contribution in [2.45, 2.75) is 139 Å². The van der Waals surface area contributed by atoms with Crippen molar-refractivity contribution in [2.24, 2.45) is 11.5 Å². The zero-order valence-electron chi connectivity index (χ0n) is 38.0. The highest BCUT2D eigenvalue weighted by atomic mass is 16.6. The predicted octanol–water partition coefficient (Wildman–Crippen LogP) is 8.19. The number of ether oxygens (including phenoxy) is 4. The van der Waals surface area contributed by atoms with Crippen molar-refractivity contribution in [3.05, 3.63) is 94.8 Å². The summed E-state index contributed by atoms with van der Waals surface area (Å²) in [5, 5.41) is 10.2. The predicted molar refractivity (Wildman–Crippen MR) is 247 cm³/mol. The summed E-state index contributed by atoms with van der Waals surface area (Å²) in [5.41, 5.74) is 16.0. The number of fused-ring (bicyclic) bond motifs is 6. The molecule has 0 radical (unpaired) electrons. The molecule has 0 bridgehead atoms. The molecule has 8 heterocycles. The quantitative estimate of drug-likeness (QED) is 0.0951. The van der Waals surface area contributed by atoms with Crippen molar-refractivity contribution in [1.29, 1.82) is 0 Å². The van der Waals surface area contributed by atoms with E-state index in [0.717, 1.165) is 95.4 Å². The SMILES string of the molecule is C[C@@H]1OC(=O)c2ccc(Nc3cc4c(C(C)(C)N)cnc(OC5CC5)c4cn3)nc2C12CC2.C[C@H]1OC(=O)c2ccc(Nc3cc4c(C(C)(C)N)cnc(OC5CC5)c4cn3)nc2C12CC2. The summed E-state index contributed by atoms with van der Waals surface area (Å²) in [5.74, 6) is 3.15. The average molecular weight is 891 g/mol. The summed E-state index contributed by atoms with van der Waals surface area (Å²) in [7, 11) is 0. The lowest BCUT2D eigenvalue weighted by atomic mass is 9.89. The molecule has 2 atom stereocenters. The van der Waals surface area contributed by atoms with E-state index in [2.05, 4.69) is 30.6 Å². The highest BCUT2D eigenvalue weighted by Crippen LogP contribution is 2.56. The molecule has 0 aromatic carbocycles. The lowest BCUT2D eigenvalue weighted by molar-refractivity contribution is 0.0175. The maximum atomic E-state index is 12.3. The number of pyridine rings is 6. The number of nitrogens with two attached hydrogens (primary N) is 2. The molecule has 66 heavy (non-hydrogen) atoms. The largest absolute Gasteiger partial charge is 0.474 e. The minimum absolute atomic E-state index is 0.158. The first kappa shape index (κ1) is 42.1. The molecule has 4 fully saturated rings. The van der Waals surface area contributed by atoms with E-state index in [-0.39, 0.29) is 47.2 Å². The van der Waals surface area contributed by atoms with Gasteiger partial charge in [0.05, 0.1) is 44.1 Å². The molecule has 6 N–H and O–H groups in total. The van der Waals surface area contributed by atoms with Crippen LogP contribution in [0.5, 0.6) is 11.8 Å². The van der Waals surface area contributed by atoms with Crippen LogP contribution in [-0.2, 0) is 31.4 Å². The maximum Gasteiger partial charge on any atom is 0.340 e. The van der Waals surface area contributed by atoms with E-state index in [1.54, 1.807) is 49.1 Å². The number of cyclic esters (lactones) is 2. The molecular weight excluding hydrogens is 837 g/mol. The number of hydrogen-bond acceptors (Lipinski definition) is 16. The van der Waals surface area contributed by atoms with Crippen LogP contribution in [0, 0.1) is 0 Å². The summed E-state index contributed by atoms with van der Waals surface area (Å²) >= 11 is 0. The third-order valence-corrected chi connectivity index (χ3v) is 13.9. The normalized spacial score (nSPS) is 21.0. The Morgan fingerprint density at radius 3 is 1.32 bits per heavy atom. The van der Waals surface area contributed by atoms with E-state index in [1.807, 2.05) is 53.7 Å². The molecule has 4 saturated carbocycles. The van der Waals surface area contributed by atoms with Gasteiger partial charge in [-0.1, -0.05) is 0 Å². The fraction of sp³-hybridized carbons (Fsp3) is 0.440. The van der Waals surface area contributed by atoms with E-state index < -0.39 is 11.1 Å². The minimum Gasteiger partial charge on any atom is -0.474 e. The van der Waals surface area contributed by atoms with Gasteiger partial charge in [0, 0.05) is 35.9 Å². The molecule has 6 aliphatic rings. The molecule has 0 amide bonds. The summed E-state index contributed by atoms with van der Waals surface area (Å²) in [6.45, 7) is 11.7. The van der Waals surface area contributed by atoms with Crippen molar-refractivity contribution in [2.75, 3.05) is 10.6 Å². The Morgan fingerprint density at radius 2 is 0.970 bits per heavy atom. The van der Waals surface area contributed by atoms with Crippen LogP contribution in [0.2, 0.25) is 0 Å². The number of carbonyl (C=O) groups is 2. The summed E-state index contributed by atoms with van der Waals surface area (Å²) < 4.78 is 23.1. The fourth-order valence-electron chi connectivity index (χ4n) is 9.28. The first-order valence-electron chi connectivity index (χ1n) is 23.0. The molecule has 6 aromatic rings. The zero-order chi connectivity index (χ0) is 45.9. The monoisotopic (exact) mass is 890 g/mol. The van der Waals surface area contributed by atoms with E-state index in [0.29, 0.717) is 46.2 Å². The van der Waals surface area contributed by atoms with Gasteiger partial charge < -0.3 is 41.0 Å². The number of carbonyl (C=O) groups excluding carboxylic acids is 2. The molecule has 4 aliphatic carbocycles. The Balaban J connectivity index is 0.000000146. The molecule has 12 rings (SSSR count). The molecule has 0 saturated heterocycles. The smallest absolute Gasteiger partial charge is 0.340 e. The summed E-state index contributed by atoms with van der Waals surface area (Å²) in [6, 6.07) is 11.1. The van der Waals surface area contributed by atoms with Crippen LogP contribution in [0.15, 0.2) is 61.2 Å². The highest BCUT2D eigenvalue weighted by molar-refractivity contribution is 5.95. The van der Waals surface area contributed by atoms with Crippen LogP contribution in [0.1, 0.15) is 136 Å². The van der Waals surface area contributed by atoms with Gasteiger partial charge in [-0.2, -0.15) is 0 Å². The van der Waals surface area contributed by atoms with E-state index in [1.165, 1.54) is 0 Å². The first-order chi connectivity index (χ1) is 31.5. The molecule has 2 aliphatic heterocycles. The maximum absolute atomic E-state index is 12.3. The zero-order valence-corrected chi connectivity index (χ0v) is 38.0. The second-order valence-electron chi connectivity index (χ2n) is 20.1. The third-order valence-electron chi connectivity index (χ3n) is 13.9. The first-order valence-corrected chi connectivity index (χ1v) is 23.0. The molecule has 340 valence electrons. The Kier molecular flexibility index (Phi) is 9.58.